The second kappa shape index (κ2) is 6.38. The molecule has 0 aliphatic carbocycles. The van der Waals surface area contributed by atoms with Gasteiger partial charge >= 0.3 is 5.97 Å². The zero-order valence-electron chi connectivity index (χ0n) is 13.5. The largest absolute Gasteiger partial charge is 0.481 e. The van der Waals surface area contributed by atoms with Crippen molar-refractivity contribution in [2.24, 2.45) is 4.99 Å². The standard InChI is InChI=1S/C19H13ClFN3O2/c20-11-5-6-16-14(7-11)19(13-3-1-2-4-15(13)21)22-9-17-23-12(8-18(25)26)10-24(16)17/h1-7,10H,8-9H2,(H,25,26). The first kappa shape index (κ1) is 16.5. The fraction of sp³-hybridized carbons (Fsp3) is 0.105. The summed E-state index contributed by atoms with van der Waals surface area (Å²) in [6.07, 6.45) is 1.50. The molecule has 1 aliphatic heterocycles. The Morgan fingerprint density at radius 2 is 2.04 bits per heavy atom. The van der Waals surface area contributed by atoms with Gasteiger partial charge in [-0.25, -0.2) is 9.37 Å². The number of aromatic nitrogens is 2. The number of aliphatic imine (C=N–C) groups is 1. The molecule has 4 rings (SSSR count). The van der Waals surface area contributed by atoms with Crippen LogP contribution in [0.15, 0.2) is 53.7 Å². The van der Waals surface area contributed by atoms with Crippen LogP contribution in [-0.4, -0.2) is 26.3 Å². The number of fused-ring (bicyclic) bond motifs is 3. The molecule has 0 radical (unpaired) electrons. The molecule has 7 heteroatoms. The first-order valence-electron chi connectivity index (χ1n) is 7.91. The van der Waals surface area contributed by atoms with Crippen molar-refractivity contribution in [2.45, 2.75) is 13.0 Å². The van der Waals surface area contributed by atoms with E-state index in [-0.39, 0.29) is 18.8 Å². The smallest absolute Gasteiger partial charge is 0.309 e. The SMILES string of the molecule is O=C(O)Cc1cn2c(n1)CN=C(c1ccccc1F)c1cc(Cl)ccc1-2. The number of hydrogen-bond acceptors (Lipinski definition) is 3. The Morgan fingerprint density at radius 3 is 2.81 bits per heavy atom. The van der Waals surface area contributed by atoms with E-state index < -0.39 is 5.97 Å². The third kappa shape index (κ3) is 2.88. The summed E-state index contributed by atoms with van der Waals surface area (Å²) >= 11 is 6.17. The van der Waals surface area contributed by atoms with Crippen molar-refractivity contribution in [1.82, 2.24) is 9.55 Å². The van der Waals surface area contributed by atoms with Crippen LogP contribution in [0, 0.1) is 5.82 Å². The molecule has 0 fully saturated rings. The number of benzene rings is 2. The normalized spacial score (nSPS) is 12.8. The second-order valence-electron chi connectivity index (χ2n) is 5.90. The van der Waals surface area contributed by atoms with Gasteiger partial charge in [0.2, 0.25) is 0 Å². The molecule has 1 aromatic heterocycles. The Balaban J connectivity index is 1.92. The van der Waals surface area contributed by atoms with Gasteiger partial charge in [-0.15, -0.1) is 0 Å². The number of nitrogens with zero attached hydrogens (tertiary/aromatic N) is 3. The van der Waals surface area contributed by atoms with Crippen molar-refractivity contribution < 1.29 is 14.3 Å². The lowest BCUT2D eigenvalue weighted by Gasteiger charge is -2.12. The van der Waals surface area contributed by atoms with Gasteiger partial charge in [0.1, 0.15) is 11.6 Å². The van der Waals surface area contributed by atoms with Gasteiger partial charge in [0.25, 0.3) is 0 Å². The minimum absolute atomic E-state index is 0.174. The van der Waals surface area contributed by atoms with Crippen LogP contribution in [0.2, 0.25) is 5.02 Å². The summed E-state index contributed by atoms with van der Waals surface area (Å²) in [6, 6.07) is 11.7. The van der Waals surface area contributed by atoms with E-state index in [1.807, 2.05) is 0 Å². The molecule has 5 nitrogen and oxygen atoms in total. The molecule has 2 aromatic carbocycles. The number of carboxylic acid groups (broad SMARTS) is 1. The maximum atomic E-state index is 14.4. The third-order valence-electron chi connectivity index (χ3n) is 4.14. The van der Waals surface area contributed by atoms with Crippen LogP contribution in [0.3, 0.4) is 0 Å². The quantitative estimate of drug-likeness (QED) is 0.766. The van der Waals surface area contributed by atoms with Crippen molar-refractivity contribution in [3.05, 3.63) is 82.1 Å². The van der Waals surface area contributed by atoms with E-state index in [4.69, 9.17) is 16.7 Å². The highest BCUT2D eigenvalue weighted by Gasteiger charge is 2.22. The number of hydrogen-bond donors (Lipinski definition) is 1. The van der Waals surface area contributed by atoms with E-state index in [1.165, 1.54) is 6.07 Å². The van der Waals surface area contributed by atoms with Gasteiger partial charge in [0.05, 0.1) is 30.1 Å². The predicted molar refractivity (Wildman–Crippen MR) is 95.7 cm³/mol. The van der Waals surface area contributed by atoms with Gasteiger partial charge in [-0.1, -0.05) is 23.7 Å². The van der Waals surface area contributed by atoms with E-state index >= 15 is 0 Å². The molecule has 1 aliphatic rings. The summed E-state index contributed by atoms with van der Waals surface area (Å²) in [4.78, 5) is 19.9. The summed E-state index contributed by atoms with van der Waals surface area (Å²) in [5.74, 6) is -0.732. The van der Waals surface area contributed by atoms with Gasteiger partial charge < -0.3 is 9.67 Å². The number of carboxylic acids is 1. The van der Waals surface area contributed by atoms with E-state index in [0.717, 1.165) is 5.69 Å². The van der Waals surface area contributed by atoms with Crippen LogP contribution < -0.4 is 0 Å². The first-order chi connectivity index (χ1) is 12.5. The van der Waals surface area contributed by atoms with Crippen LogP contribution in [0.5, 0.6) is 0 Å². The lowest BCUT2D eigenvalue weighted by molar-refractivity contribution is -0.136. The zero-order chi connectivity index (χ0) is 18.3. The minimum atomic E-state index is -0.954. The lowest BCUT2D eigenvalue weighted by atomic mass is 10.00. The van der Waals surface area contributed by atoms with Gasteiger partial charge in [-0.3, -0.25) is 9.79 Å². The second-order valence-corrected chi connectivity index (χ2v) is 6.33. The average Bonchev–Trinajstić information content (AvgIpc) is 2.92. The molecule has 2 heterocycles. The molecule has 0 spiro atoms. The monoisotopic (exact) mass is 369 g/mol. The minimum Gasteiger partial charge on any atom is -0.481 e. The van der Waals surface area contributed by atoms with E-state index in [0.29, 0.717) is 33.4 Å². The summed E-state index contributed by atoms with van der Waals surface area (Å²) in [6.45, 7) is 0.204. The molecular formula is C19H13ClFN3O2. The first-order valence-corrected chi connectivity index (χ1v) is 8.29. The van der Waals surface area contributed by atoms with Crippen LogP contribution >= 0.6 is 11.6 Å². The number of aliphatic carboxylic acids is 1. The summed E-state index contributed by atoms with van der Waals surface area (Å²) < 4.78 is 16.2. The number of halogens is 2. The Bertz CT molecular complexity index is 1060. The Hall–Kier alpha value is -2.99. The highest BCUT2D eigenvalue weighted by Crippen LogP contribution is 2.28. The van der Waals surface area contributed by atoms with Crippen molar-refractivity contribution in [3.63, 3.8) is 0 Å². The molecule has 3 aromatic rings. The van der Waals surface area contributed by atoms with Gasteiger partial charge in [0.15, 0.2) is 0 Å². The van der Waals surface area contributed by atoms with Crippen LogP contribution in [-0.2, 0) is 17.8 Å². The fourth-order valence-corrected chi connectivity index (χ4v) is 3.23. The molecule has 0 saturated heterocycles. The molecular weight excluding hydrogens is 357 g/mol. The van der Waals surface area contributed by atoms with Gasteiger partial charge in [-0.05, 0) is 30.3 Å². The molecule has 0 atom stereocenters. The molecule has 0 saturated carbocycles. The molecule has 0 bridgehead atoms. The molecule has 1 N–H and O–H groups in total. The molecule has 0 unspecified atom stereocenters. The van der Waals surface area contributed by atoms with Crippen LogP contribution in [0.25, 0.3) is 5.69 Å². The Labute approximate surface area is 153 Å². The van der Waals surface area contributed by atoms with Crippen molar-refractivity contribution in [3.8, 4) is 5.69 Å². The zero-order valence-corrected chi connectivity index (χ0v) is 14.2. The van der Waals surface area contributed by atoms with Crippen molar-refractivity contribution in [2.75, 3.05) is 0 Å². The third-order valence-corrected chi connectivity index (χ3v) is 4.38. The highest BCUT2D eigenvalue weighted by atomic mass is 35.5. The number of carbonyl (C=O) groups is 1. The maximum absolute atomic E-state index is 14.4. The van der Waals surface area contributed by atoms with Crippen LogP contribution in [0.4, 0.5) is 4.39 Å². The fourth-order valence-electron chi connectivity index (χ4n) is 3.06. The van der Waals surface area contributed by atoms with Gasteiger partial charge in [0, 0.05) is 22.3 Å². The van der Waals surface area contributed by atoms with Gasteiger partial charge in [-0.2, -0.15) is 0 Å². The predicted octanol–water partition coefficient (Wildman–Crippen LogP) is 3.64. The Kier molecular flexibility index (Phi) is 4.05. The van der Waals surface area contributed by atoms with E-state index in [9.17, 15) is 9.18 Å². The number of rotatable bonds is 3. The van der Waals surface area contributed by atoms with Crippen molar-refractivity contribution >= 4 is 23.3 Å². The Morgan fingerprint density at radius 1 is 1.23 bits per heavy atom. The van der Waals surface area contributed by atoms with Crippen molar-refractivity contribution in [1.29, 1.82) is 0 Å². The molecule has 26 heavy (non-hydrogen) atoms. The van der Waals surface area contributed by atoms with E-state index in [1.54, 1.807) is 47.2 Å². The van der Waals surface area contributed by atoms with E-state index in [2.05, 4.69) is 9.98 Å². The topological polar surface area (TPSA) is 67.5 Å². The van der Waals surface area contributed by atoms with Crippen LogP contribution in [0.1, 0.15) is 22.6 Å². The molecule has 0 amide bonds. The number of imidazole rings is 1. The maximum Gasteiger partial charge on any atom is 0.309 e. The highest BCUT2D eigenvalue weighted by molar-refractivity contribution is 6.31. The molecule has 130 valence electrons. The lowest BCUT2D eigenvalue weighted by Crippen LogP contribution is -2.09. The average molecular weight is 370 g/mol. The summed E-state index contributed by atoms with van der Waals surface area (Å²) in [5, 5.41) is 9.50. The summed E-state index contributed by atoms with van der Waals surface area (Å²) in [7, 11) is 0. The summed E-state index contributed by atoms with van der Waals surface area (Å²) in [5.41, 5.74) is 2.71.